The van der Waals surface area contributed by atoms with E-state index in [-0.39, 0.29) is 5.41 Å². The molecule has 0 aliphatic heterocycles. The monoisotopic (exact) mass is 794 g/mol. The molecule has 2 nitrogen and oxygen atoms in total. The van der Waals surface area contributed by atoms with Crippen LogP contribution < -0.4 is 4.90 Å². The Labute approximate surface area is 364 Å². The van der Waals surface area contributed by atoms with E-state index in [4.69, 9.17) is 0 Å². The number of hydrogen-bond donors (Lipinski definition) is 0. The second-order valence-corrected chi connectivity index (χ2v) is 17.1. The summed E-state index contributed by atoms with van der Waals surface area (Å²) in [5, 5.41) is 2.48. The number of fused-ring (bicyclic) bond motifs is 8. The van der Waals surface area contributed by atoms with E-state index < -0.39 is 0 Å². The molecule has 1 spiro atoms. The maximum absolute atomic E-state index is 2.56. The van der Waals surface area contributed by atoms with Crippen LogP contribution >= 0.6 is 0 Å². The third kappa shape index (κ3) is 5.78. The molecule has 0 bridgehead atoms. The standard InChI is InChI=1S/C60H46N2/c1-4-20-42(21-5-1)46-24-8-9-25-47(46)48-26-10-11-27-49(48)52-29-13-16-32-57(52)61(45-34-36-51-50-28-12-15-31-55(50)60(56(51)41-45)38-18-3-19-39-60)44-35-37-59-54(40-44)53-30-14-17-33-58(53)62(59)43-22-6-2-7-23-43/h1-2,4-17,20-37,40-41H,3,18-19,38-39H2. The quantitative estimate of drug-likeness (QED) is 0.156. The second kappa shape index (κ2) is 14.9. The summed E-state index contributed by atoms with van der Waals surface area (Å²) in [6.07, 6.45) is 6.20. The molecule has 1 heterocycles. The van der Waals surface area contributed by atoms with Crippen LogP contribution in [0.25, 0.3) is 72.0 Å². The van der Waals surface area contributed by atoms with Crippen molar-refractivity contribution in [2.24, 2.45) is 0 Å². The van der Waals surface area contributed by atoms with Crippen LogP contribution in [-0.2, 0) is 5.41 Å². The van der Waals surface area contributed by atoms with E-state index in [1.165, 1.54) is 115 Å². The Hall–Kier alpha value is -7.42. The summed E-state index contributed by atoms with van der Waals surface area (Å²) >= 11 is 0. The lowest BCUT2D eigenvalue weighted by molar-refractivity contribution is 0.353. The third-order valence-corrected chi connectivity index (χ3v) is 13.8. The van der Waals surface area contributed by atoms with Gasteiger partial charge in [-0.2, -0.15) is 0 Å². The fraction of sp³-hybridized carbons (Fsp3) is 0.100. The van der Waals surface area contributed by atoms with Gasteiger partial charge in [-0.05, 0) is 118 Å². The van der Waals surface area contributed by atoms with Crippen molar-refractivity contribution >= 4 is 38.9 Å². The van der Waals surface area contributed by atoms with E-state index in [0.29, 0.717) is 0 Å². The van der Waals surface area contributed by atoms with E-state index >= 15 is 0 Å². The van der Waals surface area contributed by atoms with E-state index in [0.717, 1.165) is 17.1 Å². The van der Waals surface area contributed by atoms with Crippen molar-refractivity contribution < 1.29 is 0 Å². The Bertz CT molecular complexity index is 3280. The predicted molar refractivity (Wildman–Crippen MR) is 261 cm³/mol. The summed E-state index contributed by atoms with van der Waals surface area (Å²) in [5.74, 6) is 0. The van der Waals surface area contributed by atoms with Crippen molar-refractivity contribution in [1.29, 1.82) is 0 Å². The highest BCUT2D eigenvalue weighted by Crippen LogP contribution is 2.57. The van der Waals surface area contributed by atoms with E-state index in [9.17, 15) is 0 Å². The predicted octanol–water partition coefficient (Wildman–Crippen LogP) is 16.5. The van der Waals surface area contributed by atoms with Crippen LogP contribution in [0.5, 0.6) is 0 Å². The first-order valence-electron chi connectivity index (χ1n) is 22.2. The van der Waals surface area contributed by atoms with Gasteiger partial charge in [0.1, 0.15) is 0 Å². The summed E-state index contributed by atoms with van der Waals surface area (Å²) in [4.78, 5) is 2.54. The van der Waals surface area contributed by atoms with Crippen molar-refractivity contribution in [2.75, 3.05) is 4.90 Å². The van der Waals surface area contributed by atoms with Gasteiger partial charge in [-0.25, -0.2) is 0 Å². The van der Waals surface area contributed by atoms with Gasteiger partial charge in [-0.3, -0.25) is 0 Å². The molecule has 0 amide bonds. The molecule has 1 fully saturated rings. The minimum absolute atomic E-state index is 0.0339. The van der Waals surface area contributed by atoms with Gasteiger partial charge in [0, 0.05) is 38.8 Å². The summed E-state index contributed by atoms with van der Waals surface area (Å²) < 4.78 is 2.41. The lowest BCUT2D eigenvalue weighted by Crippen LogP contribution is -2.28. The van der Waals surface area contributed by atoms with E-state index in [2.05, 4.69) is 228 Å². The number of para-hydroxylation sites is 3. The second-order valence-electron chi connectivity index (χ2n) is 17.1. The van der Waals surface area contributed by atoms with Crippen LogP contribution in [0.3, 0.4) is 0 Å². The number of aromatic nitrogens is 1. The van der Waals surface area contributed by atoms with Gasteiger partial charge in [-0.15, -0.1) is 0 Å². The van der Waals surface area contributed by atoms with E-state index in [1.54, 1.807) is 0 Å². The van der Waals surface area contributed by atoms with Crippen LogP contribution in [-0.4, -0.2) is 4.57 Å². The molecular formula is C60H46N2. The SMILES string of the molecule is c1ccc(-c2ccccc2-c2ccccc2-c2ccccc2N(c2ccc3c(c2)C2(CCCCC2)c2ccccc2-3)c2ccc3c(c2)c2ccccc2n3-c2ccccc2)cc1. The number of anilines is 3. The Balaban J connectivity index is 1.11. The van der Waals surface area contributed by atoms with Crippen LogP contribution in [0, 0.1) is 0 Å². The summed E-state index contributed by atoms with van der Waals surface area (Å²) in [6.45, 7) is 0. The van der Waals surface area contributed by atoms with Gasteiger partial charge in [-0.1, -0.05) is 183 Å². The maximum atomic E-state index is 2.56. The molecule has 0 N–H and O–H groups in total. The highest BCUT2D eigenvalue weighted by atomic mass is 15.1. The van der Waals surface area contributed by atoms with Crippen LogP contribution in [0.15, 0.2) is 218 Å². The molecule has 0 atom stereocenters. The maximum Gasteiger partial charge on any atom is 0.0542 e. The number of rotatable bonds is 7. The minimum atomic E-state index is 0.0339. The van der Waals surface area contributed by atoms with Gasteiger partial charge in [0.15, 0.2) is 0 Å². The molecule has 2 heteroatoms. The number of hydrogen-bond acceptors (Lipinski definition) is 1. The summed E-state index contributed by atoms with van der Waals surface area (Å²) in [5.41, 5.74) is 20.1. The third-order valence-electron chi connectivity index (χ3n) is 13.8. The molecule has 0 unspecified atom stereocenters. The topological polar surface area (TPSA) is 8.17 Å². The molecule has 1 saturated carbocycles. The van der Waals surface area contributed by atoms with Crippen LogP contribution in [0.2, 0.25) is 0 Å². The number of nitrogens with zero attached hydrogens (tertiary/aromatic N) is 2. The molecule has 0 saturated heterocycles. The zero-order valence-electron chi connectivity index (χ0n) is 34.7. The molecule has 12 rings (SSSR count). The first-order valence-corrected chi connectivity index (χ1v) is 22.2. The lowest BCUT2D eigenvalue weighted by Gasteiger charge is -2.37. The number of benzene rings is 9. The molecule has 62 heavy (non-hydrogen) atoms. The van der Waals surface area contributed by atoms with Gasteiger partial charge >= 0.3 is 0 Å². The smallest absolute Gasteiger partial charge is 0.0542 e. The highest BCUT2D eigenvalue weighted by molar-refractivity contribution is 6.11. The normalized spacial score (nSPS) is 13.9. The zero-order chi connectivity index (χ0) is 41.0. The fourth-order valence-electron chi connectivity index (χ4n) is 11.1. The zero-order valence-corrected chi connectivity index (χ0v) is 34.7. The molecule has 2 aliphatic carbocycles. The van der Waals surface area contributed by atoms with Crippen molar-refractivity contribution in [1.82, 2.24) is 4.57 Å². The first-order chi connectivity index (χ1) is 30.8. The molecule has 9 aromatic carbocycles. The molecule has 1 aromatic heterocycles. The van der Waals surface area contributed by atoms with Crippen molar-refractivity contribution in [3.8, 4) is 50.2 Å². The van der Waals surface area contributed by atoms with Crippen LogP contribution in [0.1, 0.15) is 43.2 Å². The molecule has 0 radical (unpaired) electrons. The largest absolute Gasteiger partial charge is 0.310 e. The highest BCUT2D eigenvalue weighted by Gasteiger charge is 2.44. The van der Waals surface area contributed by atoms with Crippen molar-refractivity contribution in [3.63, 3.8) is 0 Å². The molecule has 296 valence electrons. The average molecular weight is 795 g/mol. The average Bonchev–Trinajstić information content (AvgIpc) is 3.81. The Morgan fingerprint density at radius 3 is 1.66 bits per heavy atom. The minimum Gasteiger partial charge on any atom is -0.310 e. The van der Waals surface area contributed by atoms with Crippen molar-refractivity contribution in [3.05, 3.63) is 230 Å². The Morgan fingerprint density at radius 1 is 0.355 bits per heavy atom. The molecular weight excluding hydrogens is 749 g/mol. The van der Waals surface area contributed by atoms with Crippen LogP contribution in [0.4, 0.5) is 17.1 Å². The van der Waals surface area contributed by atoms with Gasteiger partial charge in [0.05, 0.1) is 16.7 Å². The molecule has 2 aliphatic rings. The van der Waals surface area contributed by atoms with E-state index in [1.807, 2.05) is 0 Å². The Kier molecular flexibility index (Phi) is 8.78. The molecule has 10 aromatic rings. The Morgan fingerprint density at radius 2 is 0.887 bits per heavy atom. The summed E-state index contributed by atoms with van der Waals surface area (Å²) in [6, 6.07) is 81.0. The summed E-state index contributed by atoms with van der Waals surface area (Å²) in [7, 11) is 0. The lowest BCUT2D eigenvalue weighted by atomic mass is 9.68. The van der Waals surface area contributed by atoms with Crippen molar-refractivity contribution in [2.45, 2.75) is 37.5 Å². The first kappa shape index (κ1) is 36.4. The van der Waals surface area contributed by atoms with Gasteiger partial charge in [0.25, 0.3) is 0 Å². The fourth-order valence-corrected chi connectivity index (χ4v) is 11.1. The van der Waals surface area contributed by atoms with Gasteiger partial charge < -0.3 is 9.47 Å². The van der Waals surface area contributed by atoms with Gasteiger partial charge in [0.2, 0.25) is 0 Å².